The Kier molecular flexibility index (Phi) is 15.4. The maximum Gasteiger partial charge on any atom is 0.305 e. The average Bonchev–Trinajstić information content (AvgIpc) is 3.33. The van der Waals surface area contributed by atoms with Crippen LogP contribution in [-0.2, 0) is 58.7 Å². The van der Waals surface area contributed by atoms with E-state index in [0.717, 1.165) is 32.7 Å². The molecule has 0 amide bonds. The highest BCUT2D eigenvalue weighted by molar-refractivity contribution is 7.86. The number of esters is 1. The smallest absolute Gasteiger partial charge is 0.305 e. The SMILES string of the molecule is Cc1cc(C)c(S(=O)(=O)OCC2OC3OC4C(COC(=O)CCCc5ccc6ccc7cccc8ccc5c6c78)OC(CCCCOC5C(CO)OC(OC2C(O)C3O)C(O)C5O)C(O)C4O)c(C)c1. The highest BCUT2D eigenvalue weighted by Crippen LogP contribution is 2.38. The van der Waals surface area contributed by atoms with Gasteiger partial charge in [-0.3, -0.25) is 8.98 Å². The van der Waals surface area contributed by atoms with Gasteiger partial charge in [0.05, 0.1) is 24.2 Å². The topological polar surface area (TPSA) is 267 Å². The minimum absolute atomic E-state index is 0.00343. The molecule has 11 aliphatic rings. The first-order chi connectivity index (χ1) is 33.5. The standard InChI is InChI=1S/C51H62O18S/c1-25-20-26(2)49(27(3)21-25)70(60,61)64-24-36-48-43(57)45(59)51(67-36)68-47-35(65-33(40(54)41(47)55)11-4-5-19-62-46-34(22-52)66-50(69-48)44(58)42(46)56)23-63-37(53)12-7-8-28-13-14-31-16-15-29-9-6-10-30-17-18-32(28)39(31)38(29)30/h6,9-10,13-18,20-21,33-36,40-48,50-52,54-59H,4-5,7-8,11-12,19,22-24H2,1-3H3. The number of benzene rings is 5. The molecule has 5 aromatic carbocycles. The van der Waals surface area contributed by atoms with Crippen LogP contribution in [-0.4, -0.2) is 168 Å². The summed E-state index contributed by atoms with van der Waals surface area (Å²) in [6.45, 7) is 3.00. The second-order valence-electron chi connectivity index (χ2n) is 19.0. The maximum atomic E-state index is 13.8. The largest absolute Gasteiger partial charge is 0.463 e. The number of rotatable bonds is 11. The fourth-order valence-corrected chi connectivity index (χ4v) is 12.0. The van der Waals surface area contributed by atoms with E-state index in [1.807, 2.05) is 13.0 Å². The van der Waals surface area contributed by atoms with E-state index < -0.39 is 128 Å². The van der Waals surface area contributed by atoms with E-state index in [9.17, 15) is 49.0 Å². The van der Waals surface area contributed by atoms with Gasteiger partial charge < -0.3 is 68.9 Å². The van der Waals surface area contributed by atoms with Crippen LogP contribution in [0.15, 0.2) is 71.6 Å². The van der Waals surface area contributed by atoms with E-state index >= 15 is 0 Å². The Morgan fingerprint density at radius 1 is 0.657 bits per heavy atom. The summed E-state index contributed by atoms with van der Waals surface area (Å²) in [5.41, 5.74) is 2.69. The van der Waals surface area contributed by atoms with Gasteiger partial charge in [0.25, 0.3) is 10.1 Å². The van der Waals surface area contributed by atoms with Crippen LogP contribution in [0.5, 0.6) is 0 Å². The number of hydrogen-bond donors (Lipinski definition) is 7. The first-order valence-electron chi connectivity index (χ1n) is 23.9. The van der Waals surface area contributed by atoms with Gasteiger partial charge in [-0.15, -0.1) is 0 Å². The van der Waals surface area contributed by atoms with E-state index in [1.165, 1.54) is 10.8 Å². The van der Waals surface area contributed by atoms with E-state index in [1.54, 1.807) is 26.0 Å². The molecule has 0 radical (unpaired) electrons. The third-order valence-electron chi connectivity index (χ3n) is 14.1. The van der Waals surface area contributed by atoms with Crippen LogP contribution in [0, 0.1) is 20.8 Å². The maximum absolute atomic E-state index is 13.8. The monoisotopic (exact) mass is 994 g/mol. The van der Waals surface area contributed by atoms with Gasteiger partial charge in [-0.1, -0.05) is 72.3 Å². The number of aliphatic hydroxyl groups is 7. The molecule has 0 spiro atoms. The van der Waals surface area contributed by atoms with Crippen LogP contribution in [0.1, 0.15) is 54.4 Å². The van der Waals surface area contributed by atoms with Crippen LogP contribution < -0.4 is 0 Å². The minimum atomic E-state index is -4.54. The normalized spacial score (nSPS) is 33.4. The van der Waals surface area contributed by atoms with Crippen molar-refractivity contribution in [1.82, 2.24) is 0 Å². The molecular weight excluding hydrogens is 933 g/mol. The number of aryl methyl sites for hydroxylation is 4. The lowest BCUT2D eigenvalue weighted by molar-refractivity contribution is -0.373. The van der Waals surface area contributed by atoms with Crippen LogP contribution in [0.25, 0.3) is 32.3 Å². The molecule has 0 aliphatic carbocycles. The molecule has 380 valence electrons. The van der Waals surface area contributed by atoms with Crippen molar-refractivity contribution in [2.75, 3.05) is 26.4 Å². The lowest BCUT2D eigenvalue weighted by atomic mass is 9.90. The van der Waals surface area contributed by atoms with Gasteiger partial charge in [0, 0.05) is 13.0 Å². The van der Waals surface area contributed by atoms with E-state index in [-0.39, 0.29) is 24.3 Å². The molecule has 0 aromatic heterocycles. The highest BCUT2D eigenvalue weighted by Gasteiger charge is 2.54. The van der Waals surface area contributed by atoms with Gasteiger partial charge in [0.2, 0.25) is 0 Å². The van der Waals surface area contributed by atoms with Crippen molar-refractivity contribution in [2.45, 2.75) is 156 Å². The number of carbonyl (C=O) groups excluding carboxylic acids is 1. The third-order valence-corrected chi connectivity index (χ3v) is 15.7. The molecule has 16 rings (SSSR count). The van der Waals surface area contributed by atoms with Crippen molar-refractivity contribution in [1.29, 1.82) is 0 Å². The quantitative estimate of drug-likeness (QED) is 0.0569. The summed E-state index contributed by atoms with van der Waals surface area (Å²) in [6, 6.07) is 22.2. The molecule has 0 saturated carbocycles. The lowest BCUT2D eigenvalue weighted by Crippen LogP contribution is -2.66. The molecule has 7 N–H and O–H groups in total. The van der Waals surface area contributed by atoms with Gasteiger partial charge in [0.1, 0.15) is 79.9 Å². The number of hydrogen-bond acceptors (Lipinski definition) is 18. The Bertz CT molecular complexity index is 2690. The number of aliphatic hydroxyl groups excluding tert-OH is 7. The highest BCUT2D eigenvalue weighted by atomic mass is 32.2. The predicted octanol–water partition coefficient (Wildman–Crippen LogP) is 2.50. The van der Waals surface area contributed by atoms with Gasteiger partial charge in [0.15, 0.2) is 12.6 Å². The molecule has 11 fully saturated rings. The van der Waals surface area contributed by atoms with Crippen molar-refractivity contribution in [3.63, 3.8) is 0 Å². The molecule has 19 heteroatoms. The van der Waals surface area contributed by atoms with Crippen molar-refractivity contribution in [2.24, 2.45) is 0 Å². The van der Waals surface area contributed by atoms with E-state index in [0.29, 0.717) is 36.8 Å². The minimum Gasteiger partial charge on any atom is -0.463 e. The van der Waals surface area contributed by atoms with Crippen LogP contribution in [0.3, 0.4) is 0 Å². The van der Waals surface area contributed by atoms with Gasteiger partial charge in [-0.2, -0.15) is 8.42 Å². The van der Waals surface area contributed by atoms with Crippen LogP contribution >= 0.6 is 0 Å². The predicted molar refractivity (Wildman–Crippen MR) is 250 cm³/mol. The van der Waals surface area contributed by atoms with Gasteiger partial charge in [-0.05, 0) is 102 Å². The first kappa shape index (κ1) is 50.9. The second kappa shape index (κ2) is 21.2. The van der Waals surface area contributed by atoms with Crippen LogP contribution in [0.4, 0.5) is 0 Å². The lowest BCUT2D eigenvalue weighted by Gasteiger charge is -2.48. The zero-order valence-corrected chi connectivity index (χ0v) is 39.9. The Hall–Kier alpha value is -4.00. The Balaban J connectivity index is 0.947. The Morgan fingerprint density at radius 3 is 1.91 bits per heavy atom. The summed E-state index contributed by atoms with van der Waals surface area (Å²) < 4.78 is 75.2. The van der Waals surface area contributed by atoms with Crippen LogP contribution in [0.2, 0.25) is 0 Å². The van der Waals surface area contributed by atoms with Crippen molar-refractivity contribution >= 4 is 48.4 Å². The molecule has 18 nitrogen and oxygen atoms in total. The molecule has 15 atom stereocenters. The molecule has 11 heterocycles. The summed E-state index contributed by atoms with van der Waals surface area (Å²) in [6.07, 6.45) is -22.3. The molecule has 15 unspecified atom stereocenters. The zero-order valence-electron chi connectivity index (χ0n) is 39.1. The number of ether oxygens (including phenoxy) is 7. The average molecular weight is 995 g/mol. The molecule has 70 heavy (non-hydrogen) atoms. The Labute approximate surface area is 405 Å². The molecule has 6 bridgehead atoms. The van der Waals surface area contributed by atoms with Crippen molar-refractivity contribution in [3.05, 3.63) is 89.0 Å². The summed E-state index contributed by atoms with van der Waals surface area (Å²) in [4.78, 5) is 13.3. The summed E-state index contributed by atoms with van der Waals surface area (Å²) in [5.74, 6) is -0.566. The second-order valence-corrected chi connectivity index (χ2v) is 20.6. The first-order valence-corrected chi connectivity index (χ1v) is 25.3. The number of carbonyl (C=O) groups is 1. The molecule has 11 aliphatic heterocycles. The van der Waals surface area contributed by atoms with Gasteiger partial charge in [-0.25, -0.2) is 0 Å². The molecular formula is C51H62O18S. The Morgan fingerprint density at radius 2 is 1.24 bits per heavy atom. The molecule has 11 saturated heterocycles. The summed E-state index contributed by atoms with van der Waals surface area (Å²) >= 11 is 0. The fourth-order valence-electron chi connectivity index (χ4n) is 10.7. The van der Waals surface area contributed by atoms with Crippen molar-refractivity contribution < 1.29 is 86.3 Å². The van der Waals surface area contributed by atoms with Crippen molar-refractivity contribution in [3.8, 4) is 0 Å². The van der Waals surface area contributed by atoms with E-state index in [4.69, 9.17) is 37.3 Å². The summed E-state index contributed by atoms with van der Waals surface area (Å²) in [5, 5.41) is 86.0. The van der Waals surface area contributed by atoms with E-state index in [2.05, 4.69) is 48.5 Å². The fraction of sp³-hybridized carbons (Fsp3) is 0.549. The van der Waals surface area contributed by atoms with Gasteiger partial charge >= 0.3 is 5.97 Å². The third kappa shape index (κ3) is 10.2. The summed E-state index contributed by atoms with van der Waals surface area (Å²) in [7, 11) is -4.54. The molecule has 5 aromatic rings. The zero-order chi connectivity index (χ0) is 49.6.